The summed E-state index contributed by atoms with van der Waals surface area (Å²) in [5, 5.41) is 0.277. The molecule has 0 radical (unpaired) electrons. The lowest BCUT2D eigenvalue weighted by Gasteiger charge is -2.08. The highest BCUT2D eigenvalue weighted by molar-refractivity contribution is 9.10. The Balaban J connectivity index is 2.55. The maximum Gasteiger partial charge on any atom is 0.161 e. The zero-order valence-electron chi connectivity index (χ0n) is 10.4. The number of benzene rings is 1. The van der Waals surface area contributed by atoms with E-state index in [-0.39, 0.29) is 11.0 Å². The number of aromatic nitrogens is 2. The summed E-state index contributed by atoms with van der Waals surface area (Å²) >= 11 is 9.34. The first-order chi connectivity index (χ1) is 9.01. The van der Waals surface area contributed by atoms with Crippen LogP contribution in [-0.2, 0) is 11.3 Å². The molecular weight excluding hydrogens is 335 g/mol. The average molecular weight is 346 g/mol. The van der Waals surface area contributed by atoms with Crippen molar-refractivity contribution in [3.05, 3.63) is 44.9 Å². The minimum absolute atomic E-state index is 0.277. The van der Waals surface area contributed by atoms with E-state index in [0.717, 1.165) is 5.56 Å². The van der Waals surface area contributed by atoms with Crippen LogP contribution >= 0.6 is 27.5 Å². The molecule has 6 heteroatoms. The molecule has 0 aliphatic heterocycles. The molecule has 1 heterocycles. The second-order valence-electron chi connectivity index (χ2n) is 4.05. The fourth-order valence-electron chi connectivity index (χ4n) is 1.69. The third-order valence-corrected chi connectivity index (χ3v) is 3.80. The lowest BCUT2D eigenvalue weighted by molar-refractivity contribution is 0.181. The molecule has 0 amide bonds. The summed E-state index contributed by atoms with van der Waals surface area (Å²) in [7, 11) is 1.56. The van der Waals surface area contributed by atoms with Gasteiger partial charge < -0.3 is 4.74 Å². The predicted molar refractivity (Wildman–Crippen MR) is 75.6 cm³/mol. The molecule has 2 aromatic rings. The van der Waals surface area contributed by atoms with E-state index in [1.807, 2.05) is 6.92 Å². The van der Waals surface area contributed by atoms with E-state index in [4.69, 9.17) is 16.3 Å². The van der Waals surface area contributed by atoms with E-state index in [0.29, 0.717) is 28.2 Å². The molecule has 0 aliphatic carbocycles. The number of ether oxygens (including phenoxy) is 1. The molecule has 3 nitrogen and oxygen atoms in total. The van der Waals surface area contributed by atoms with Crippen molar-refractivity contribution in [2.45, 2.75) is 13.5 Å². The Morgan fingerprint density at radius 3 is 2.68 bits per heavy atom. The number of hydrogen-bond acceptors (Lipinski definition) is 3. The van der Waals surface area contributed by atoms with Gasteiger partial charge in [0.05, 0.1) is 16.8 Å². The fraction of sp³-hybridized carbons (Fsp3) is 0.231. The summed E-state index contributed by atoms with van der Waals surface area (Å²) in [6.45, 7) is 2.10. The molecule has 0 aliphatic rings. The van der Waals surface area contributed by atoms with Crippen LogP contribution in [0.2, 0.25) is 5.15 Å². The van der Waals surface area contributed by atoms with Crippen LogP contribution in [0.25, 0.3) is 11.4 Å². The minimum atomic E-state index is -0.328. The van der Waals surface area contributed by atoms with Crippen LogP contribution < -0.4 is 0 Å². The highest BCUT2D eigenvalue weighted by Gasteiger charge is 2.13. The molecule has 0 spiro atoms. The van der Waals surface area contributed by atoms with Gasteiger partial charge >= 0.3 is 0 Å². The number of halogens is 3. The quantitative estimate of drug-likeness (QED) is 0.784. The lowest BCUT2D eigenvalue weighted by Crippen LogP contribution is -2.00. The van der Waals surface area contributed by atoms with Crippen molar-refractivity contribution in [1.82, 2.24) is 9.97 Å². The van der Waals surface area contributed by atoms with E-state index >= 15 is 0 Å². The van der Waals surface area contributed by atoms with Crippen molar-refractivity contribution >= 4 is 27.5 Å². The molecule has 0 N–H and O–H groups in total. The molecule has 1 aromatic carbocycles. The Morgan fingerprint density at radius 2 is 2.05 bits per heavy atom. The molecule has 100 valence electrons. The Kier molecular flexibility index (Phi) is 4.50. The monoisotopic (exact) mass is 344 g/mol. The van der Waals surface area contributed by atoms with Gasteiger partial charge in [-0.25, -0.2) is 14.4 Å². The summed E-state index contributed by atoms with van der Waals surface area (Å²) < 4.78 is 19.1. The van der Waals surface area contributed by atoms with Crippen LogP contribution in [0, 0.1) is 12.7 Å². The van der Waals surface area contributed by atoms with Crippen molar-refractivity contribution in [2.24, 2.45) is 0 Å². The highest BCUT2D eigenvalue weighted by Crippen LogP contribution is 2.28. The summed E-state index contributed by atoms with van der Waals surface area (Å²) in [4.78, 5) is 8.49. The van der Waals surface area contributed by atoms with E-state index in [9.17, 15) is 4.39 Å². The topological polar surface area (TPSA) is 35.0 Å². The van der Waals surface area contributed by atoms with Crippen molar-refractivity contribution in [2.75, 3.05) is 7.11 Å². The third kappa shape index (κ3) is 3.29. The smallest absolute Gasteiger partial charge is 0.161 e. The number of rotatable bonds is 3. The molecule has 0 unspecified atom stereocenters. The van der Waals surface area contributed by atoms with Gasteiger partial charge in [0.2, 0.25) is 0 Å². The van der Waals surface area contributed by atoms with Gasteiger partial charge in [-0.15, -0.1) is 0 Å². The van der Waals surface area contributed by atoms with Crippen LogP contribution in [0.4, 0.5) is 4.39 Å². The molecule has 1 aromatic heterocycles. The van der Waals surface area contributed by atoms with Gasteiger partial charge in [-0.3, -0.25) is 0 Å². The lowest BCUT2D eigenvalue weighted by atomic mass is 10.1. The molecule has 0 bridgehead atoms. The summed E-state index contributed by atoms with van der Waals surface area (Å²) in [5.41, 5.74) is 2.01. The normalized spacial score (nSPS) is 10.8. The number of methoxy groups -OCH3 is 1. The summed E-state index contributed by atoms with van der Waals surface area (Å²) in [6, 6.07) is 4.63. The number of nitrogens with zero attached hydrogens (tertiary/aromatic N) is 2. The van der Waals surface area contributed by atoms with E-state index in [2.05, 4.69) is 25.9 Å². The van der Waals surface area contributed by atoms with Crippen LogP contribution in [0.1, 0.15) is 11.3 Å². The highest BCUT2D eigenvalue weighted by atomic mass is 79.9. The maximum atomic E-state index is 13.4. The Morgan fingerprint density at radius 1 is 1.32 bits per heavy atom. The number of hydrogen-bond donors (Lipinski definition) is 0. The molecular formula is C13H11BrClFN2O. The van der Waals surface area contributed by atoms with Crippen LogP contribution in [0.15, 0.2) is 22.7 Å². The minimum Gasteiger partial charge on any atom is -0.378 e. The first kappa shape index (κ1) is 14.4. The third-order valence-electron chi connectivity index (χ3n) is 2.46. The van der Waals surface area contributed by atoms with E-state index in [1.54, 1.807) is 13.2 Å². The van der Waals surface area contributed by atoms with Crippen molar-refractivity contribution in [1.29, 1.82) is 0 Å². The maximum absolute atomic E-state index is 13.4. The SMILES string of the molecule is COCc1nc(-c2cc(C)cc(F)c2)nc(Cl)c1Br. The zero-order chi connectivity index (χ0) is 14.0. The Hall–Kier alpha value is -1.04. The summed E-state index contributed by atoms with van der Waals surface area (Å²) in [5.74, 6) is 0.0498. The predicted octanol–water partition coefficient (Wildman–Crippen LogP) is 4.15. The second kappa shape index (κ2) is 5.94. The van der Waals surface area contributed by atoms with E-state index in [1.165, 1.54) is 12.1 Å². The van der Waals surface area contributed by atoms with Crippen LogP contribution in [0.3, 0.4) is 0 Å². The largest absolute Gasteiger partial charge is 0.378 e. The fourth-order valence-corrected chi connectivity index (χ4v) is 2.17. The number of aryl methyl sites for hydroxylation is 1. The Labute approximate surface area is 123 Å². The molecule has 0 saturated heterocycles. The second-order valence-corrected chi connectivity index (χ2v) is 5.20. The molecule has 2 rings (SSSR count). The van der Waals surface area contributed by atoms with Gasteiger partial charge in [-0.2, -0.15) is 0 Å². The Bertz CT molecular complexity index is 602. The van der Waals surface area contributed by atoms with Crippen molar-refractivity contribution in [3.63, 3.8) is 0 Å². The van der Waals surface area contributed by atoms with Crippen molar-refractivity contribution in [3.8, 4) is 11.4 Å². The van der Waals surface area contributed by atoms with Gasteiger partial charge in [-0.05, 0) is 46.6 Å². The zero-order valence-corrected chi connectivity index (χ0v) is 12.7. The summed E-state index contributed by atoms with van der Waals surface area (Å²) in [6.07, 6.45) is 0. The van der Waals surface area contributed by atoms with Gasteiger partial charge in [0.15, 0.2) is 5.82 Å². The van der Waals surface area contributed by atoms with Crippen molar-refractivity contribution < 1.29 is 9.13 Å². The molecule has 19 heavy (non-hydrogen) atoms. The molecule has 0 atom stereocenters. The molecule has 0 fully saturated rings. The first-order valence-corrected chi connectivity index (χ1v) is 6.66. The van der Waals surface area contributed by atoms with Gasteiger partial charge in [0.25, 0.3) is 0 Å². The molecule has 0 saturated carbocycles. The standard InChI is InChI=1S/C13H11BrClFN2O/c1-7-3-8(5-9(16)4-7)13-17-10(6-19-2)11(14)12(15)18-13/h3-5H,6H2,1-2H3. The van der Waals surface area contributed by atoms with Crippen LogP contribution in [-0.4, -0.2) is 17.1 Å². The van der Waals surface area contributed by atoms with Gasteiger partial charge in [0, 0.05) is 12.7 Å². The first-order valence-electron chi connectivity index (χ1n) is 5.49. The van der Waals surface area contributed by atoms with E-state index < -0.39 is 0 Å². The van der Waals surface area contributed by atoms with Gasteiger partial charge in [-0.1, -0.05) is 11.6 Å². The van der Waals surface area contributed by atoms with Crippen LogP contribution in [0.5, 0.6) is 0 Å². The average Bonchev–Trinajstić information content (AvgIpc) is 2.33. The van der Waals surface area contributed by atoms with Gasteiger partial charge in [0.1, 0.15) is 11.0 Å².